The van der Waals surface area contributed by atoms with E-state index in [9.17, 15) is 4.79 Å². The van der Waals surface area contributed by atoms with Gasteiger partial charge in [-0.2, -0.15) is 0 Å². The van der Waals surface area contributed by atoms with Crippen molar-refractivity contribution in [2.75, 3.05) is 5.32 Å². The van der Waals surface area contributed by atoms with E-state index < -0.39 is 0 Å². The zero-order chi connectivity index (χ0) is 23.4. The first-order valence-electron chi connectivity index (χ1n) is 10.4. The maximum absolute atomic E-state index is 13.4. The number of pyridine rings is 1. The van der Waals surface area contributed by atoms with Crippen molar-refractivity contribution < 1.29 is 4.79 Å². The van der Waals surface area contributed by atoms with Gasteiger partial charge in [0.2, 0.25) is 0 Å². The molecular formula is C27H21N5O. The molecule has 0 bridgehead atoms. The van der Waals surface area contributed by atoms with Crippen LogP contribution in [0.25, 0.3) is 20.8 Å². The number of hydrogen-bond donors (Lipinski definition) is 1. The number of rotatable bonds is 5. The van der Waals surface area contributed by atoms with Crippen LogP contribution in [-0.4, -0.2) is 15.5 Å². The van der Waals surface area contributed by atoms with Crippen molar-refractivity contribution in [1.29, 1.82) is 0 Å². The fraction of sp³-hybridized carbons (Fsp3) is 0.111. The molecule has 0 radical (unpaired) electrons. The summed E-state index contributed by atoms with van der Waals surface area (Å²) in [6.45, 7) is 18.8. The van der Waals surface area contributed by atoms with Gasteiger partial charge in [-0.05, 0) is 42.7 Å². The third-order valence-corrected chi connectivity index (χ3v) is 5.59. The first kappa shape index (κ1) is 21.5. The van der Waals surface area contributed by atoms with E-state index in [1.54, 1.807) is 48.8 Å². The maximum Gasteiger partial charge on any atom is 0.272 e. The zero-order valence-corrected chi connectivity index (χ0v) is 18.3. The van der Waals surface area contributed by atoms with E-state index >= 15 is 0 Å². The van der Waals surface area contributed by atoms with Crippen LogP contribution in [0.3, 0.4) is 0 Å². The molecule has 0 saturated heterocycles. The van der Waals surface area contributed by atoms with Crippen molar-refractivity contribution in [1.82, 2.24) is 9.55 Å². The summed E-state index contributed by atoms with van der Waals surface area (Å²) in [5.74, 6) is -0.217. The van der Waals surface area contributed by atoms with Crippen LogP contribution in [0.1, 0.15) is 27.3 Å². The second-order valence-corrected chi connectivity index (χ2v) is 7.65. The Morgan fingerprint density at radius 2 is 1.61 bits per heavy atom. The molecule has 2 heterocycles. The van der Waals surface area contributed by atoms with Crippen LogP contribution >= 0.6 is 0 Å². The topological polar surface area (TPSA) is 55.6 Å². The number of amides is 1. The van der Waals surface area contributed by atoms with Gasteiger partial charge in [-0.3, -0.25) is 9.78 Å². The number of aromatic nitrogens is 2. The molecule has 0 aliphatic heterocycles. The molecule has 2 aromatic carbocycles. The smallest absolute Gasteiger partial charge is 0.272 e. The van der Waals surface area contributed by atoms with E-state index in [2.05, 4.69) is 20.0 Å². The molecular weight excluding hydrogens is 410 g/mol. The molecule has 4 rings (SSSR count). The largest absolute Gasteiger partial charge is 0.336 e. The quantitative estimate of drug-likeness (QED) is 0.363. The summed E-state index contributed by atoms with van der Waals surface area (Å²) in [6.07, 6.45) is 3.27. The molecule has 0 aliphatic carbocycles. The number of carbonyl (C=O) groups excluding carboxylic acids is 1. The Kier molecular flexibility index (Phi) is 6.02. The molecule has 0 saturated carbocycles. The minimum atomic E-state index is -0.217. The summed E-state index contributed by atoms with van der Waals surface area (Å²) in [5.41, 5.74) is 7.07. The second kappa shape index (κ2) is 9.21. The van der Waals surface area contributed by atoms with Crippen LogP contribution in [-0.2, 0) is 6.54 Å². The molecule has 6 nitrogen and oxygen atoms in total. The van der Waals surface area contributed by atoms with Gasteiger partial charge in [-0.15, -0.1) is 0 Å². The highest BCUT2D eigenvalue weighted by molar-refractivity contribution is 6.05. The number of nitrogens with one attached hydrogen (secondary N) is 1. The fourth-order valence-corrected chi connectivity index (χ4v) is 4.00. The van der Waals surface area contributed by atoms with E-state index in [1.165, 1.54) is 0 Å². The lowest BCUT2D eigenvalue weighted by Gasteiger charge is -2.13. The molecule has 0 atom stereocenters. The first-order valence-corrected chi connectivity index (χ1v) is 10.4. The minimum absolute atomic E-state index is 0.217. The van der Waals surface area contributed by atoms with Crippen LogP contribution in [0.5, 0.6) is 0 Å². The SMILES string of the molecule is [C-]#[N+]c1ccc(Cn2c(C)c(-c3ccc([N+]#[C-])cc3)c(C)c2C(=O)Nc2cccnc2)cc1. The van der Waals surface area contributed by atoms with Crippen molar-refractivity contribution in [3.05, 3.63) is 118 Å². The zero-order valence-electron chi connectivity index (χ0n) is 18.3. The standard InChI is InChI=1S/C27H21N5O/c1-18-25(21-9-13-23(29-4)14-10-21)19(2)32(17-20-7-11-22(28-3)12-8-20)26(18)27(33)31-24-6-5-15-30-16-24/h5-16H,17H2,1-2H3,(H,31,33). The molecule has 0 unspecified atom stereocenters. The van der Waals surface area contributed by atoms with Gasteiger partial charge < -0.3 is 9.88 Å². The Balaban J connectivity index is 1.81. The van der Waals surface area contributed by atoms with Crippen LogP contribution in [0, 0.1) is 27.0 Å². The average molecular weight is 431 g/mol. The van der Waals surface area contributed by atoms with Crippen molar-refractivity contribution in [2.45, 2.75) is 20.4 Å². The third kappa shape index (κ3) is 4.37. The lowest BCUT2D eigenvalue weighted by atomic mass is 10.0. The predicted molar refractivity (Wildman–Crippen MR) is 130 cm³/mol. The third-order valence-electron chi connectivity index (χ3n) is 5.59. The van der Waals surface area contributed by atoms with Crippen molar-refractivity contribution in [3.63, 3.8) is 0 Å². The molecule has 2 aromatic heterocycles. The van der Waals surface area contributed by atoms with Gasteiger partial charge in [-0.25, -0.2) is 9.69 Å². The number of carbonyl (C=O) groups is 1. The van der Waals surface area contributed by atoms with Crippen molar-refractivity contribution in [3.8, 4) is 11.1 Å². The number of anilines is 1. The van der Waals surface area contributed by atoms with Crippen LogP contribution < -0.4 is 5.32 Å². The van der Waals surface area contributed by atoms with Gasteiger partial charge in [0.15, 0.2) is 11.4 Å². The molecule has 0 spiro atoms. The highest BCUT2D eigenvalue weighted by Gasteiger charge is 2.24. The van der Waals surface area contributed by atoms with Gasteiger partial charge in [0.05, 0.1) is 25.0 Å². The number of nitrogens with zero attached hydrogens (tertiary/aromatic N) is 4. The Hall–Kier alpha value is -4.68. The Bertz CT molecular complexity index is 1390. The summed E-state index contributed by atoms with van der Waals surface area (Å²) >= 11 is 0. The summed E-state index contributed by atoms with van der Waals surface area (Å²) in [7, 11) is 0. The molecule has 1 N–H and O–H groups in total. The van der Waals surface area contributed by atoms with Gasteiger partial charge in [0.25, 0.3) is 5.91 Å². The first-order chi connectivity index (χ1) is 16.0. The van der Waals surface area contributed by atoms with Gasteiger partial charge in [0.1, 0.15) is 5.69 Å². The highest BCUT2D eigenvalue weighted by atomic mass is 16.2. The van der Waals surface area contributed by atoms with Crippen molar-refractivity contribution >= 4 is 23.0 Å². The van der Waals surface area contributed by atoms with E-state index in [4.69, 9.17) is 13.1 Å². The van der Waals surface area contributed by atoms with Gasteiger partial charge in [0, 0.05) is 24.0 Å². The van der Waals surface area contributed by atoms with E-state index in [1.807, 2.05) is 42.7 Å². The van der Waals surface area contributed by atoms with Crippen LogP contribution in [0.4, 0.5) is 17.1 Å². The van der Waals surface area contributed by atoms with Gasteiger partial charge in [-0.1, -0.05) is 48.5 Å². The normalized spacial score (nSPS) is 10.3. The molecule has 1 amide bonds. The summed E-state index contributed by atoms with van der Waals surface area (Å²) in [6, 6.07) is 18.4. The minimum Gasteiger partial charge on any atom is -0.336 e. The van der Waals surface area contributed by atoms with Crippen LogP contribution in [0.2, 0.25) is 0 Å². The van der Waals surface area contributed by atoms with Crippen molar-refractivity contribution in [2.24, 2.45) is 0 Å². The average Bonchev–Trinajstić information content (AvgIpc) is 3.09. The molecule has 0 aliphatic rings. The van der Waals surface area contributed by atoms with E-state index in [-0.39, 0.29) is 5.91 Å². The van der Waals surface area contributed by atoms with E-state index in [0.717, 1.165) is 27.9 Å². The summed E-state index contributed by atoms with van der Waals surface area (Å²) in [5, 5.41) is 2.95. The number of benzene rings is 2. The summed E-state index contributed by atoms with van der Waals surface area (Å²) < 4.78 is 2.01. The Morgan fingerprint density at radius 1 is 0.970 bits per heavy atom. The Morgan fingerprint density at radius 3 is 2.18 bits per heavy atom. The molecule has 0 fully saturated rings. The van der Waals surface area contributed by atoms with Gasteiger partial charge >= 0.3 is 0 Å². The molecule has 33 heavy (non-hydrogen) atoms. The Labute approximate surface area is 192 Å². The summed E-state index contributed by atoms with van der Waals surface area (Å²) in [4.78, 5) is 24.4. The fourth-order valence-electron chi connectivity index (χ4n) is 4.00. The van der Waals surface area contributed by atoms with Crippen LogP contribution in [0.15, 0.2) is 73.1 Å². The lowest BCUT2D eigenvalue weighted by molar-refractivity contribution is 0.101. The predicted octanol–water partition coefficient (Wildman–Crippen LogP) is 6.57. The lowest BCUT2D eigenvalue weighted by Crippen LogP contribution is -2.19. The highest BCUT2D eigenvalue weighted by Crippen LogP contribution is 2.34. The maximum atomic E-state index is 13.4. The second-order valence-electron chi connectivity index (χ2n) is 7.65. The number of hydrogen-bond acceptors (Lipinski definition) is 2. The molecule has 160 valence electrons. The molecule has 6 heteroatoms. The van der Waals surface area contributed by atoms with E-state index in [0.29, 0.717) is 29.3 Å². The monoisotopic (exact) mass is 431 g/mol. The molecule has 4 aromatic rings.